The summed E-state index contributed by atoms with van der Waals surface area (Å²) in [6, 6.07) is 7.35. The third kappa shape index (κ3) is 4.03. The van der Waals surface area contributed by atoms with Gasteiger partial charge in [0, 0.05) is 16.8 Å². The van der Waals surface area contributed by atoms with Crippen LogP contribution in [-0.2, 0) is 10.1 Å². The van der Waals surface area contributed by atoms with Crippen molar-refractivity contribution in [3.8, 4) is 5.75 Å². The van der Waals surface area contributed by atoms with Crippen LogP contribution in [-0.4, -0.2) is 27.9 Å². The molecule has 2 N–H and O–H groups in total. The highest BCUT2D eigenvalue weighted by Crippen LogP contribution is 2.41. The average Bonchev–Trinajstić information content (AvgIpc) is 2.66. The Morgan fingerprint density at radius 1 is 0.933 bits per heavy atom. The number of hydrogen-bond donors (Lipinski definition) is 2. The van der Waals surface area contributed by atoms with Crippen LogP contribution in [0.5, 0.6) is 5.75 Å². The molecule has 3 aromatic carbocycles. The number of nitrogens with zero attached hydrogens (tertiary/aromatic N) is 4. The van der Waals surface area contributed by atoms with Crippen molar-refractivity contribution in [2.24, 2.45) is 10.2 Å². The lowest BCUT2D eigenvalue weighted by atomic mass is 10.1. The molecule has 0 spiro atoms. The van der Waals surface area contributed by atoms with Gasteiger partial charge in [-0.15, -0.1) is 10.2 Å². The lowest BCUT2D eigenvalue weighted by Gasteiger charge is -2.06. The molecule has 0 bridgehead atoms. The summed E-state index contributed by atoms with van der Waals surface area (Å²) in [6.45, 7) is 0. The quantitative estimate of drug-likeness (QED) is 0.241. The summed E-state index contributed by atoms with van der Waals surface area (Å²) in [4.78, 5) is 19.9. The summed E-state index contributed by atoms with van der Waals surface area (Å²) >= 11 is 5.90. The summed E-state index contributed by atoms with van der Waals surface area (Å²) in [5, 5.41) is 39.5. The van der Waals surface area contributed by atoms with E-state index in [9.17, 15) is 38.3 Å². The standard InChI is InChI=1S/C16H9ClN4O8S/c17-12-5-8(20(23)24)6-14(21(25)26)16(12)19-18-13-3-4-15(22)10-2-1-9(7-11(10)13)30(27,28)29/h1-7,22H,(H,27,28,29). The van der Waals surface area contributed by atoms with Crippen LogP contribution in [0.15, 0.2) is 57.6 Å². The average molecular weight is 453 g/mol. The second-order valence-corrected chi connectivity index (χ2v) is 7.62. The maximum atomic E-state index is 11.4. The lowest BCUT2D eigenvalue weighted by Crippen LogP contribution is -1.97. The smallest absolute Gasteiger partial charge is 0.305 e. The van der Waals surface area contributed by atoms with Crippen molar-refractivity contribution in [1.29, 1.82) is 0 Å². The van der Waals surface area contributed by atoms with Crippen LogP contribution >= 0.6 is 11.6 Å². The van der Waals surface area contributed by atoms with Gasteiger partial charge in [-0.2, -0.15) is 8.42 Å². The molecule has 0 amide bonds. The van der Waals surface area contributed by atoms with Gasteiger partial charge in [-0.05, 0) is 30.3 Å². The van der Waals surface area contributed by atoms with Crippen LogP contribution in [0.4, 0.5) is 22.7 Å². The van der Waals surface area contributed by atoms with Gasteiger partial charge < -0.3 is 5.11 Å². The van der Waals surface area contributed by atoms with E-state index < -0.39 is 46.9 Å². The first-order valence-electron chi connectivity index (χ1n) is 7.76. The molecule has 0 radical (unpaired) electrons. The first-order valence-corrected chi connectivity index (χ1v) is 9.58. The van der Waals surface area contributed by atoms with Crippen molar-refractivity contribution >= 4 is 55.2 Å². The van der Waals surface area contributed by atoms with Gasteiger partial charge in [-0.25, -0.2) is 0 Å². The third-order valence-electron chi connectivity index (χ3n) is 3.93. The molecule has 12 nitrogen and oxygen atoms in total. The normalized spacial score (nSPS) is 11.8. The first kappa shape index (κ1) is 21.0. The Balaban J connectivity index is 2.21. The highest BCUT2D eigenvalue weighted by molar-refractivity contribution is 7.85. The highest BCUT2D eigenvalue weighted by atomic mass is 35.5. The molecule has 0 unspecified atom stereocenters. The fourth-order valence-corrected chi connectivity index (χ4v) is 3.31. The number of benzene rings is 3. The number of halogens is 1. The summed E-state index contributed by atoms with van der Waals surface area (Å²) in [5.41, 5.74) is -1.85. The van der Waals surface area contributed by atoms with Crippen molar-refractivity contribution in [1.82, 2.24) is 0 Å². The number of rotatable bonds is 5. The predicted octanol–water partition coefficient (Wildman–Crippen LogP) is 4.68. The SMILES string of the molecule is O=[N+]([O-])c1cc(Cl)c(N=Nc2ccc(O)c3ccc(S(=O)(=O)O)cc23)c([N+](=O)[O-])c1. The van der Waals surface area contributed by atoms with Gasteiger partial charge in [0.25, 0.3) is 15.8 Å². The number of non-ortho nitro benzene ring substituents is 1. The van der Waals surface area contributed by atoms with E-state index in [0.717, 1.165) is 18.2 Å². The maximum absolute atomic E-state index is 11.4. The zero-order valence-corrected chi connectivity index (χ0v) is 16.0. The Morgan fingerprint density at radius 2 is 1.63 bits per heavy atom. The highest BCUT2D eigenvalue weighted by Gasteiger charge is 2.24. The number of nitro benzene ring substituents is 2. The van der Waals surface area contributed by atoms with Crippen LogP contribution in [0, 0.1) is 20.2 Å². The molecule has 30 heavy (non-hydrogen) atoms. The van der Waals surface area contributed by atoms with Gasteiger partial charge in [0.2, 0.25) is 0 Å². The van der Waals surface area contributed by atoms with Crippen LogP contribution in [0.3, 0.4) is 0 Å². The second kappa shape index (κ2) is 7.62. The van der Waals surface area contributed by atoms with Crippen LogP contribution in [0.25, 0.3) is 10.8 Å². The molecule has 154 valence electrons. The van der Waals surface area contributed by atoms with E-state index in [2.05, 4.69) is 10.2 Å². The predicted molar refractivity (Wildman–Crippen MR) is 104 cm³/mol. The number of phenolic OH excluding ortho intramolecular Hbond substituents is 1. The molecule has 0 aromatic heterocycles. The molecule has 3 aromatic rings. The molecule has 0 saturated carbocycles. The number of phenols is 1. The third-order valence-corrected chi connectivity index (χ3v) is 5.07. The van der Waals surface area contributed by atoms with Crippen molar-refractivity contribution < 1.29 is 27.9 Å². The molecule has 0 heterocycles. The molecular formula is C16H9ClN4O8S. The molecule has 0 saturated heterocycles. The zero-order chi connectivity index (χ0) is 22.2. The van der Waals surface area contributed by atoms with E-state index in [1.807, 2.05) is 0 Å². The van der Waals surface area contributed by atoms with E-state index in [-0.39, 0.29) is 22.2 Å². The topological polar surface area (TPSA) is 186 Å². The van der Waals surface area contributed by atoms with E-state index in [0.29, 0.717) is 6.07 Å². The van der Waals surface area contributed by atoms with Crippen LogP contribution < -0.4 is 0 Å². The summed E-state index contributed by atoms with van der Waals surface area (Å²) in [5.74, 6) is -0.217. The van der Waals surface area contributed by atoms with Gasteiger partial charge >= 0.3 is 5.69 Å². The minimum Gasteiger partial charge on any atom is -0.507 e. The van der Waals surface area contributed by atoms with Crippen LogP contribution in [0.1, 0.15) is 0 Å². The number of fused-ring (bicyclic) bond motifs is 1. The maximum Gasteiger partial charge on any atom is 0.305 e. The fourth-order valence-electron chi connectivity index (χ4n) is 2.56. The van der Waals surface area contributed by atoms with E-state index in [1.54, 1.807) is 0 Å². The number of hydrogen-bond acceptors (Lipinski definition) is 9. The zero-order valence-electron chi connectivity index (χ0n) is 14.5. The molecule has 14 heteroatoms. The van der Waals surface area contributed by atoms with Gasteiger partial charge in [-0.1, -0.05) is 11.6 Å². The number of azo groups is 1. The molecular weight excluding hydrogens is 444 g/mol. The summed E-state index contributed by atoms with van der Waals surface area (Å²) in [7, 11) is -4.56. The molecule has 3 rings (SSSR count). The lowest BCUT2D eigenvalue weighted by molar-refractivity contribution is -0.393. The largest absolute Gasteiger partial charge is 0.507 e. The molecule has 0 aliphatic heterocycles. The summed E-state index contributed by atoms with van der Waals surface area (Å²) < 4.78 is 32.0. The monoisotopic (exact) mass is 452 g/mol. The van der Waals surface area contributed by atoms with Gasteiger partial charge in [-0.3, -0.25) is 24.8 Å². The van der Waals surface area contributed by atoms with E-state index in [4.69, 9.17) is 11.6 Å². The van der Waals surface area contributed by atoms with E-state index >= 15 is 0 Å². The molecule has 0 atom stereocenters. The van der Waals surface area contributed by atoms with Crippen molar-refractivity contribution in [2.45, 2.75) is 4.90 Å². The Labute approximate surface area is 172 Å². The van der Waals surface area contributed by atoms with Gasteiger partial charge in [0.05, 0.1) is 31.5 Å². The van der Waals surface area contributed by atoms with Crippen molar-refractivity contribution in [2.75, 3.05) is 0 Å². The Kier molecular flexibility index (Phi) is 5.35. The molecule has 0 aliphatic carbocycles. The minimum atomic E-state index is -4.56. The van der Waals surface area contributed by atoms with Gasteiger partial charge in [0.15, 0.2) is 5.69 Å². The fraction of sp³-hybridized carbons (Fsp3) is 0. The van der Waals surface area contributed by atoms with Crippen LogP contribution in [0.2, 0.25) is 5.02 Å². The molecule has 0 fully saturated rings. The Bertz CT molecular complexity index is 1360. The van der Waals surface area contributed by atoms with E-state index in [1.165, 1.54) is 18.2 Å². The summed E-state index contributed by atoms with van der Waals surface area (Å²) in [6.07, 6.45) is 0. The van der Waals surface area contributed by atoms with Crippen molar-refractivity contribution in [3.05, 3.63) is 67.7 Å². The Morgan fingerprint density at radius 3 is 2.23 bits per heavy atom. The Hall–Kier alpha value is -3.68. The van der Waals surface area contributed by atoms with Crippen molar-refractivity contribution in [3.63, 3.8) is 0 Å². The number of aromatic hydroxyl groups is 1. The minimum absolute atomic E-state index is 0.0167. The number of nitro groups is 2. The molecule has 0 aliphatic rings. The second-order valence-electron chi connectivity index (χ2n) is 5.80. The van der Waals surface area contributed by atoms with Gasteiger partial charge in [0.1, 0.15) is 5.75 Å². The first-order chi connectivity index (χ1) is 14.0.